The Labute approximate surface area is 171 Å². The van der Waals surface area contributed by atoms with Crippen molar-refractivity contribution in [3.05, 3.63) is 89.5 Å². The monoisotopic (exact) mass is 387 g/mol. The zero-order valence-electron chi connectivity index (χ0n) is 16.9. The molecule has 0 fully saturated rings. The highest BCUT2D eigenvalue weighted by molar-refractivity contribution is 6.06. The highest BCUT2D eigenvalue weighted by atomic mass is 16.2. The van der Waals surface area contributed by atoms with Gasteiger partial charge in [-0.05, 0) is 61.4 Å². The first-order chi connectivity index (χ1) is 14.0. The number of anilines is 3. The fourth-order valence-electron chi connectivity index (χ4n) is 3.02. The van der Waals surface area contributed by atoms with Gasteiger partial charge in [0.15, 0.2) is 0 Å². The second kappa shape index (κ2) is 9.06. The Morgan fingerprint density at radius 3 is 2.38 bits per heavy atom. The van der Waals surface area contributed by atoms with E-state index in [9.17, 15) is 9.59 Å². The lowest BCUT2D eigenvalue weighted by molar-refractivity contribution is -0.114. The molecule has 3 rings (SSSR count). The number of nitrogens with zero attached hydrogens (tertiary/aromatic N) is 1. The maximum Gasteiger partial charge on any atom is 0.258 e. The van der Waals surface area contributed by atoms with E-state index in [2.05, 4.69) is 10.6 Å². The zero-order valence-corrected chi connectivity index (χ0v) is 16.9. The third-order valence-corrected chi connectivity index (χ3v) is 4.89. The average Bonchev–Trinajstić information content (AvgIpc) is 2.74. The van der Waals surface area contributed by atoms with Crippen LogP contribution in [0.2, 0.25) is 0 Å². The smallest absolute Gasteiger partial charge is 0.258 e. The fourth-order valence-corrected chi connectivity index (χ4v) is 3.02. The number of carbonyl (C=O) groups is 2. The summed E-state index contributed by atoms with van der Waals surface area (Å²) in [5, 5.41) is 6.01. The van der Waals surface area contributed by atoms with E-state index in [1.165, 1.54) is 5.56 Å². The van der Waals surface area contributed by atoms with Gasteiger partial charge in [0.25, 0.3) is 5.91 Å². The molecule has 0 radical (unpaired) electrons. The van der Waals surface area contributed by atoms with Gasteiger partial charge in [-0.3, -0.25) is 9.59 Å². The molecule has 5 nitrogen and oxygen atoms in total. The molecule has 0 bridgehead atoms. The van der Waals surface area contributed by atoms with Crippen molar-refractivity contribution < 1.29 is 9.59 Å². The standard InChI is InChI=1S/C24H25N3O2/c1-17-9-7-14-22(18(17)2)25-16-23(28)26-20-11-8-10-19(15-20)24(29)27(3)21-12-5-4-6-13-21/h4-15,25H,16H2,1-3H3,(H,26,28). The summed E-state index contributed by atoms with van der Waals surface area (Å²) >= 11 is 0. The number of para-hydroxylation sites is 1. The van der Waals surface area contributed by atoms with Crippen LogP contribution in [0.3, 0.4) is 0 Å². The van der Waals surface area contributed by atoms with Crippen LogP contribution in [-0.2, 0) is 4.79 Å². The number of nitrogens with one attached hydrogen (secondary N) is 2. The number of hydrogen-bond donors (Lipinski definition) is 2. The van der Waals surface area contributed by atoms with Gasteiger partial charge < -0.3 is 15.5 Å². The molecule has 2 amide bonds. The Morgan fingerprint density at radius 1 is 0.897 bits per heavy atom. The second-order valence-electron chi connectivity index (χ2n) is 6.93. The number of aryl methyl sites for hydroxylation is 1. The van der Waals surface area contributed by atoms with Crippen LogP contribution in [0, 0.1) is 13.8 Å². The predicted octanol–water partition coefficient (Wildman–Crippen LogP) is 4.63. The van der Waals surface area contributed by atoms with E-state index in [0.717, 1.165) is 16.9 Å². The molecule has 0 saturated heterocycles. The molecule has 0 spiro atoms. The van der Waals surface area contributed by atoms with E-state index in [4.69, 9.17) is 0 Å². The number of benzene rings is 3. The van der Waals surface area contributed by atoms with Gasteiger partial charge in [0.05, 0.1) is 6.54 Å². The Bertz CT molecular complexity index is 1020. The van der Waals surface area contributed by atoms with Crippen molar-refractivity contribution in [2.75, 3.05) is 29.1 Å². The molecule has 0 saturated carbocycles. The summed E-state index contributed by atoms with van der Waals surface area (Å²) in [6, 6.07) is 22.4. The maximum atomic E-state index is 12.8. The lowest BCUT2D eigenvalue weighted by Crippen LogP contribution is -2.26. The molecule has 0 unspecified atom stereocenters. The van der Waals surface area contributed by atoms with Crippen molar-refractivity contribution in [2.24, 2.45) is 0 Å². The summed E-state index contributed by atoms with van der Waals surface area (Å²) in [4.78, 5) is 26.7. The highest BCUT2D eigenvalue weighted by Gasteiger charge is 2.14. The highest BCUT2D eigenvalue weighted by Crippen LogP contribution is 2.19. The SMILES string of the molecule is Cc1cccc(NCC(=O)Nc2cccc(C(=O)N(C)c3ccccc3)c2)c1C. The van der Waals surface area contributed by atoms with Gasteiger partial charge in [-0.2, -0.15) is 0 Å². The predicted molar refractivity (Wildman–Crippen MR) is 119 cm³/mol. The Kier molecular flexibility index (Phi) is 6.29. The molecule has 0 atom stereocenters. The molecule has 3 aromatic rings. The van der Waals surface area contributed by atoms with E-state index >= 15 is 0 Å². The summed E-state index contributed by atoms with van der Waals surface area (Å²) < 4.78 is 0. The minimum atomic E-state index is -0.174. The zero-order chi connectivity index (χ0) is 20.8. The van der Waals surface area contributed by atoms with Gasteiger partial charge in [0.2, 0.25) is 5.91 Å². The first kappa shape index (κ1) is 20.1. The first-order valence-electron chi connectivity index (χ1n) is 9.49. The third kappa shape index (κ3) is 5.02. The van der Waals surface area contributed by atoms with Crippen molar-refractivity contribution in [1.29, 1.82) is 0 Å². The van der Waals surface area contributed by atoms with Crippen LogP contribution < -0.4 is 15.5 Å². The van der Waals surface area contributed by atoms with E-state index in [1.54, 1.807) is 36.2 Å². The van der Waals surface area contributed by atoms with E-state index in [0.29, 0.717) is 11.3 Å². The van der Waals surface area contributed by atoms with Crippen LogP contribution in [0.25, 0.3) is 0 Å². The Morgan fingerprint density at radius 2 is 1.62 bits per heavy atom. The van der Waals surface area contributed by atoms with Crippen molar-refractivity contribution in [1.82, 2.24) is 0 Å². The molecular formula is C24H25N3O2. The lowest BCUT2D eigenvalue weighted by Gasteiger charge is -2.18. The van der Waals surface area contributed by atoms with Gasteiger partial charge in [-0.25, -0.2) is 0 Å². The van der Waals surface area contributed by atoms with E-state index < -0.39 is 0 Å². The average molecular weight is 387 g/mol. The molecule has 2 N–H and O–H groups in total. The van der Waals surface area contributed by atoms with Gasteiger partial charge in [-0.15, -0.1) is 0 Å². The Balaban J connectivity index is 1.64. The summed E-state index contributed by atoms with van der Waals surface area (Å²) in [6.45, 7) is 4.20. The summed E-state index contributed by atoms with van der Waals surface area (Å²) in [7, 11) is 1.73. The molecule has 3 aromatic carbocycles. The quantitative estimate of drug-likeness (QED) is 0.648. The molecule has 0 aliphatic rings. The molecule has 0 aliphatic heterocycles. The number of rotatable bonds is 6. The van der Waals surface area contributed by atoms with Crippen LogP contribution in [0.4, 0.5) is 17.1 Å². The minimum absolute atomic E-state index is 0.138. The molecule has 148 valence electrons. The molecule has 0 aromatic heterocycles. The summed E-state index contributed by atoms with van der Waals surface area (Å²) in [6.07, 6.45) is 0. The molecule has 29 heavy (non-hydrogen) atoms. The fraction of sp³-hybridized carbons (Fsp3) is 0.167. The van der Waals surface area contributed by atoms with Crippen molar-refractivity contribution in [3.63, 3.8) is 0 Å². The Hall–Kier alpha value is -3.60. The third-order valence-electron chi connectivity index (χ3n) is 4.89. The van der Waals surface area contributed by atoms with Crippen LogP contribution in [0.15, 0.2) is 72.8 Å². The summed E-state index contributed by atoms with van der Waals surface area (Å²) in [5.41, 5.74) is 5.14. The van der Waals surface area contributed by atoms with Gasteiger partial charge in [-0.1, -0.05) is 36.4 Å². The maximum absolute atomic E-state index is 12.8. The van der Waals surface area contributed by atoms with Crippen LogP contribution in [0.1, 0.15) is 21.5 Å². The van der Waals surface area contributed by atoms with Crippen molar-refractivity contribution in [3.8, 4) is 0 Å². The number of carbonyl (C=O) groups excluding carboxylic acids is 2. The second-order valence-corrected chi connectivity index (χ2v) is 6.93. The minimum Gasteiger partial charge on any atom is -0.376 e. The lowest BCUT2D eigenvalue weighted by atomic mass is 10.1. The topological polar surface area (TPSA) is 61.4 Å². The number of hydrogen-bond acceptors (Lipinski definition) is 3. The molecular weight excluding hydrogens is 362 g/mol. The van der Waals surface area contributed by atoms with E-state index in [-0.39, 0.29) is 18.4 Å². The molecule has 0 aliphatic carbocycles. The summed E-state index contributed by atoms with van der Waals surface area (Å²) in [5.74, 6) is -0.312. The normalized spacial score (nSPS) is 10.3. The van der Waals surface area contributed by atoms with Gasteiger partial charge >= 0.3 is 0 Å². The van der Waals surface area contributed by atoms with Gasteiger partial charge in [0.1, 0.15) is 0 Å². The van der Waals surface area contributed by atoms with Crippen LogP contribution >= 0.6 is 0 Å². The molecule has 0 heterocycles. The van der Waals surface area contributed by atoms with Gasteiger partial charge in [0, 0.05) is 29.7 Å². The van der Waals surface area contributed by atoms with E-state index in [1.807, 2.05) is 62.4 Å². The number of amides is 2. The van der Waals surface area contributed by atoms with Crippen LogP contribution in [0.5, 0.6) is 0 Å². The largest absolute Gasteiger partial charge is 0.376 e. The van der Waals surface area contributed by atoms with Crippen molar-refractivity contribution >= 4 is 28.9 Å². The van der Waals surface area contributed by atoms with Crippen LogP contribution in [-0.4, -0.2) is 25.4 Å². The first-order valence-corrected chi connectivity index (χ1v) is 9.49. The molecule has 5 heteroatoms. The van der Waals surface area contributed by atoms with Crippen molar-refractivity contribution in [2.45, 2.75) is 13.8 Å².